The van der Waals surface area contributed by atoms with Crippen LogP contribution >= 0.6 is 0 Å². The lowest BCUT2D eigenvalue weighted by atomic mass is 9.66. The Morgan fingerprint density at radius 2 is 2.14 bits per heavy atom. The fraction of sp³-hybridized carbons (Fsp3) is 0.588. The molecule has 2 saturated carbocycles. The molecule has 1 saturated heterocycles. The Morgan fingerprint density at radius 3 is 2.81 bits per heavy atom. The van der Waals surface area contributed by atoms with Gasteiger partial charge in [0.05, 0.1) is 12.3 Å². The molecule has 4 heteroatoms. The first kappa shape index (κ1) is 13.3. The molecule has 1 N–H and O–H groups in total. The highest BCUT2D eigenvalue weighted by Gasteiger charge is 2.78. The van der Waals surface area contributed by atoms with Gasteiger partial charge in [-0.2, -0.15) is 0 Å². The van der Waals surface area contributed by atoms with E-state index < -0.39 is 11.4 Å². The second kappa shape index (κ2) is 3.86. The molecule has 4 bridgehead atoms. The van der Waals surface area contributed by atoms with Gasteiger partial charge in [0.1, 0.15) is 5.82 Å². The zero-order valence-electron chi connectivity index (χ0n) is 12.4. The highest BCUT2D eigenvalue weighted by atomic mass is 19.1. The predicted molar refractivity (Wildman–Crippen MR) is 77.3 cm³/mol. The van der Waals surface area contributed by atoms with Gasteiger partial charge in [-0.15, -0.1) is 0 Å². The number of carbonyl (C=O) groups excluding carboxylic acids is 1. The van der Waals surface area contributed by atoms with Gasteiger partial charge in [0.25, 0.3) is 5.91 Å². The van der Waals surface area contributed by atoms with Gasteiger partial charge in [-0.1, -0.05) is 26.0 Å². The lowest BCUT2D eigenvalue weighted by Crippen LogP contribution is -2.52. The minimum Gasteiger partial charge on any atom is -0.364 e. The zero-order chi connectivity index (χ0) is 14.9. The molecule has 3 aliphatic rings. The van der Waals surface area contributed by atoms with Crippen LogP contribution in [0.1, 0.15) is 33.1 Å². The molecule has 0 unspecified atom stereocenters. The largest absolute Gasteiger partial charge is 0.364 e. The fourth-order valence-corrected chi connectivity index (χ4v) is 5.04. The quantitative estimate of drug-likeness (QED) is 0.906. The van der Waals surface area contributed by atoms with E-state index >= 15 is 0 Å². The van der Waals surface area contributed by atoms with Crippen molar-refractivity contribution in [3.8, 4) is 0 Å². The molecule has 1 heterocycles. The smallest absolute Gasteiger partial charge is 0.257 e. The third-order valence-electron chi connectivity index (χ3n) is 6.69. The molecule has 1 aromatic rings. The summed E-state index contributed by atoms with van der Waals surface area (Å²) < 4.78 is 19.8. The summed E-state index contributed by atoms with van der Waals surface area (Å²) >= 11 is 0. The minimum absolute atomic E-state index is 0.0829. The van der Waals surface area contributed by atoms with Gasteiger partial charge in [0, 0.05) is 10.8 Å². The molecular weight excluding hydrogens is 269 g/mol. The van der Waals surface area contributed by atoms with Crippen molar-refractivity contribution in [3.05, 3.63) is 30.1 Å². The third-order valence-corrected chi connectivity index (χ3v) is 6.69. The lowest BCUT2D eigenvalue weighted by molar-refractivity contribution is -0.149. The van der Waals surface area contributed by atoms with Crippen molar-refractivity contribution in [3.63, 3.8) is 0 Å². The van der Waals surface area contributed by atoms with E-state index in [1.807, 2.05) is 0 Å². The number of para-hydroxylation sites is 1. The summed E-state index contributed by atoms with van der Waals surface area (Å²) in [5.74, 6) is -0.0417. The molecule has 21 heavy (non-hydrogen) atoms. The predicted octanol–water partition coefficient (Wildman–Crippen LogP) is 3.36. The van der Waals surface area contributed by atoms with E-state index in [1.54, 1.807) is 18.2 Å². The summed E-state index contributed by atoms with van der Waals surface area (Å²) in [6.07, 6.45) is 2.95. The maximum atomic E-state index is 13.8. The summed E-state index contributed by atoms with van der Waals surface area (Å²) in [4.78, 5) is 12.9. The molecule has 3 fully saturated rings. The Labute approximate surface area is 123 Å². The van der Waals surface area contributed by atoms with Gasteiger partial charge >= 0.3 is 0 Å². The second-order valence-electron chi connectivity index (χ2n) is 7.24. The molecule has 0 spiro atoms. The molecule has 4 atom stereocenters. The summed E-state index contributed by atoms with van der Waals surface area (Å²) in [5.41, 5.74) is -0.604. The molecule has 112 valence electrons. The van der Waals surface area contributed by atoms with Crippen molar-refractivity contribution in [2.45, 2.75) is 38.7 Å². The van der Waals surface area contributed by atoms with E-state index in [2.05, 4.69) is 19.2 Å². The standard InChI is InChI=1S/C17H20FNO2/c1-15-10-21-17(9-11(15)7-8-16(15,17)2)14(20)19-13-6-4-3-5-12(13)18/h3-6,11H,7-10H2,1-2H3,(H,19,20)/t11-,15+,16+,17-/m1/s1. The van der Waals surface area contributed by atoms with Gasteiger partial charge in [-0.05, 0) is 37.3 Å². The zero-order valence-corrected chi connectivity index (χ0v) is 12.4. The van der Waals surface area contributed by atoms with Crippen molar-refractivity contribution in [2.75, 3.05) is 11.9 Å². The first-order chi connectivity index (χ1) is 9.93. The summed E-state index contributed by atoms with van der Waals surface area (Å²) in [7, 11) is 0. The number of benzene rings is 1. The second-order valence-corrected chi connectivity index (χ2v) is 7.24. The number of ether oxygens (including phenoxy) is 1. The Bertz CT molecular complexity index is 633. The molecule has 2 aliphatic carbocycles. The molecule has 3 nitrogen and oxygen atoms in total. The monoisotopic (exact) mass is 289 g/mol. The SMILES string of the molecule is C[C@@]12CC[C@@H]3C[C@]1(C(=O)Nc1ccccc1F)OC[C@@]32C. The van der Waals surface area contributed by atoms with Crippen LogP contribution in [0.3, 0.4) is 0 Å². The highest BCUT2D eigenvalue weighted by Crippen LogP contribution is 2.75. The van der Waals surface area contributed by atoms with Gasteiger partial charge in [0.15, 0.2) is 5.60 Å². The number of amides is 1. The van der Waals surface area contributed by atoms with Crippen molar-refractivity contribution in [1.29, 1.82) is 0 Å². The van der Waals surface area contributed by atoms with Gasteiger partial charge in [-0.25, -0.2) is 4.39 Å². The van der Waals surface area contributed by atoms with Crippen LogP contribution in [0.15, 0.2) is 24.3 Å². The van der Waals surface area contributed by atoms with Crippen LogP contribution in [-0.4, -0.2) is 18.1 Å². The van der Waals surface area contributed by atoms with Crippen molar-refractivity contribution >= 4 is 11.6 Å². The number of nitrogens with one attached hydrogen (secondary N) is 1. The molecule has 1 amide bonds. The number of rotatable bonds is 2. The number of hydrogen-bond donors (Lipinski definition) is 1. The Kier molecular flexibility index (Phi) is 2.44. The molecule has 1 aliphatic heterocycles. The van der Waals surface area contributed by atoms with E-state index in [9.17, 15) is 9.18 Å². The molecular formula is C17H20FNO2. The van der Waals surface area contributed by atoms with Crippen molar-refractivity contribution < 1.29 is 13.9 Å². The van der Waals surface area contributed by atoms with Gasteiger partial charge < -0.3 is 10.1 Å². The number of carbonyl (C=O) groups is 1. The van der Waals surface area contributed by atoms with Crippen LogP contribution < -0.4 is 5.32 Å². The number of anilines is 1. The number of hydrogen-bond acceptors (Lipinski definition) is 2. The lowest BCUT2D eigenvalue weighted by Gasteiger charge is -2.40. The normalized spacial score (nSPS) is 43.3. The number of halogens is 1. The van der Waals surface area contributed by atoms with Crippen LogP contribution in [0.4, 0.5) is 10.1 Å². The highest BCUT2D eigenvalue weighted by molar-refractivity contribution is 5.99. The van der Waals surface area contributed by atoms with Crippen LogP contribution in [0, 0.1) is 22.6 Å². The maximum absolute atomic E-state index is 13.8. The first-order valence-electron chi connectivity index (χ1n) is 7.63. The van der Waals surface area contributed by atoms with E-state index in [0.29, 0.717) is 12.5 Å². The van der Waals surface area contributed by atoms with E-state index in [-0.39, 0.29) is 22.4 Å². The first-order valence-corrected chi connectivity index (χ1v) is 7.63. The Hall–Kier alpha value is -1.42. The van der Waals surface area contributed by atoms with E-state index in [0.717, 1.165) is 12.8 Å². The van der Waals surface area contributed by atoms with E-state index in [1.165, 1.54) is 12.5 Å². The summed E-state index contributed by atoms with van der Waals surface area (Å²) in [6, 6.07) is 6.28. The average molecular weight is 289 g/mol. The molecule has 1 aromatic carbocycles. The molecule has 0 radical (unpaired) electrons. The summed E-state index contributed by atoms with van der Waals surface area (Å²) in [6.45, 7) is 5.06. The van der Waals surface area contributed by atoms with Crippen LogP contribution in [-0.2, 0) is 9.53 Å². The Morgan fingerprint density at radius 1 is 1.38 bits per heavy atom. The van der Waals surface area contributed by atoms with Crippen LogP contribution in [0.2, 0.25) is 0 Å². The van der Waals surface area contributed by atoms with Gasteiger partial charge in [-0.3, -0.25) is 4.79 Å². The van der Waals surface area contributed by atoms with Crippen molar-refractivity contribution in [1.82, 2.24) is 0 Å². The molecule has 0 aromatic heterocycles. The Balaban J connectivity index is 1.68. The van der Waals surface area contributed by atoms with Crippen molar-refractivity contribution in [2.24, 2.45) is 16.7 Å². The van der Waals surface area contributed by atoms with E-state index in [4.69, 9.17) is 4.74 Å². The average Bonchev–Trinajstić information content (AvgIpc) is 2.93. The third kappa shape index (κ3) is 1.35. The van der Waals surface area contributed by atoms with Crippen LogP contribution in [0.25, 0.3) is 0 Å². The fourth-order valence-electron chi connectivity index (χ4n) is 5.04. The topological polar surface area (TPSA) is 38.3 Å². The maximum Gasteiger partial charge on any atom is 0.257 e. The van der Waals surface area contributed by atoms with Gasteiger partial charge in [0.2, 0.25) is 0 Å². The minimum atomic E-state index is -0.785. The molecule has 4 rings (SSSR count). The van der Waals surface area contributed by atoms with Crippen LogP contribution in [0.5, 0.6) is 0 Å². The summed E-state index contributed by atoms with van der Waals surface area (Å²) in [5, 5.41) is 2.76.